The first kappa shape index (κ1) is 22.5. The average Bonchev–Trinajstić information content (AvgIpc) is 3.13. The summed E-state index contributed by atoms with van der Waals surface area (Å²) < 4.78 is 12.8. The smallest absolute Gasteiger partial charge is 0.338 e. The lowest BCUT2D eigenvalue weighted by atomic mass is 9.95. The number of thiazole rings is 1. The van der Waals surface area contributed by atoms with Crippen molar-refractivity contribution in [3.8, 4) is 5.75 Å². The standard InChI is InChI=1S/C26H24N2O4S/c1-4-32-25(30)22-17(2)27-26-28(23(22)19-13-9-14-20(16-19)31-3)24(29)21(33-26)15-8-12-18-10-6-5-7-11-18/h5-16,23H,4H2,1-3H3/b12-8+,21-15+/t23-/m1/s1. The molecule has 2 aromatic carbocycles. The molecule has 7 heteroatoms. The quantitative estimate of drug-likeness (QED) is 0.528. The van der Waals surface area contributed by atoms with Gasteiger partial charge in [0.15, 0.2) is 4.80 Å². The Morgan fingerprint density at radius 2 is 1.97 bits per heavy atom. The molecule has 0 bridgehead atoms. The van der Waals surface area contributed by atoms with E-state index < -0.39 is 12.0 Å². The minimum atomic E-state index is -0.657. The maximum Gasteiger partial charge on any atom is 0.338 e. The van der Waals surface area contributed by atoms with E-state index in [0.717, 1.165) is 11.1 Å². The summed E-state index contributed by atoms with van der Waals surface area (Å²) in [6.07, 6.45) is 5.57. The van der Waals surface area contributed by atoms with Gasteiger partial charge in [-0.3, -0.25) is 9.36 Å². The van der Waals surface area contributed by atoms with Crippen molar-refractivity contribution in [1.29, 1.82) is 0 Å². The molecule has 1 atom stereocenters. The summed E-state index contributed by atoms with van der Waals surface area (Å²) >= 11 is 1.30. The molecule has 4 rings (SSSR count). The maximum atomic E-state index is 13.5. The summed E-state index contributed by atoms with van der Waals surface area (Å²) in [6, 6.07) is 16.6. The molecule has 0 radical (unpaired) electrons. The van der Waals surface area contributed by atoms with Gasteiger partial charge in [0.2, 0.25) is 0 Å². The van der Waals surface area contributed by atoms with Gasteiger partial charge in [-0.25, -0.2) is 9.79 Å². The number of methoxy groups -OCH3 is 1. The van der Waals surface area contributed by atoms with Crippen LogP contribution in [0, 0.1) is 0 Å². The van der Waals surface area contributed by atoms with Crippen molar-refractivity contribution < 1.29 is 14.3 Å². The lowest BCUT2D eigenvalue weighted by Gasteiger charge is -2.24. The minimum absolute atomic E-state index is 0.210. The van der Waals surface area contributed by atoms with Crippen LogP contribution in [-0.4, -0.2) is 24.3 Å². The number of allylic oxidation sites excluding steroid dienone is 2. The number of aromatic nitrogens is 1. The number of ether oxygens (including phenoxy) is 2. The van der Waals surface area contributed by atoms with Crippen molar-refractivity contribution in [2.45, 2.75) is 19.9 Å². The molecule has 3 aromatic rings. The van der Waals surface area contributed by atoms with Crippen LogP contribution in [0.2, 0.25) is 0 Å². The van der Waals surface area contributed by atoms with Gasteiger partial charge in [0.05, 0.1) is 35.6 Å². The van der Waals surface area contributed by atoms with E-state index in [4.69, 9.17) is 9.47 Å². The van der Waals surface area contributed by atoms with Gasteiger partial charge in [0.25, 0.3) is 5.56 Å². The molecule has 168 valence electrons. The van der Waals surface area contributed by atoms with Crippen LogP contribution in [0.3, 0.4) is 0 Å². The van der Waals surface area contributed by atoms with Crippen LogP contribution in [0.15, 0.2) is 81.7 Å². The zero-order chi connectivity index (χ0) is 23.4. The van der Waals surface area contributed by atoms with Crippen LogP contribution < -0.4 is 19.6 Å². The van der Waals surface area contributed by atoms with Gasteiger partial charge in [-0.2, -0.15) is 0 Å². The lowest BCUT2D eigenvalue weighted by molar-refractivity contribution is -0.139. The summed E-state index contributed by atoms with van der Waals surface area (Å²) in [7, 11) is 1.58. The zero-order valence-electron chi connectivity index (χ0n) is 18.6. The van der Waals surface area contributed by atoms with Gasteiger partial charge in [0.1, 0.15) is 5.75 Å². The third-order valence-electron chi connectivity index (χ3n) is 5.26. The van der Waals surface area contributed by atoms with Gasteiger partial charge in [-0.1, -0.05) is 66.0 Å². The molecular weight excluding hydrogens is 436 g/mol. The number of carbonyl (C=O) groups excluding carboxylic acids is 1. The normalized spacial score (nSPS) is 16.0. The average molecular weight is 461 g/mol. The highest BCUT2D eigenvalue weighted by Gasteiger charge is 2.33. The summed E-state index contributed by atoms with van der Waals surface area (Å²) in [5.41, 5.74) is 2.46. The van der Waals surface area contributed by atoms with Crippen LogP contribution in [0.5, 0.6) is 5.75 Å². The van der Waals surface area contributed by atoms with Gasteiger partial charge in [-0.15, -0.1) is 0 Å². The SMILES string of the molecule is CCOC(=O)C1=C(C)N=c2s/c(=C/C=C/c3ccccc3)c(=O)n2[C@@H]1c1cccc(OC)c1. The predicted molar refractivity (Wildman–Crippen MR) is 130 cm³/mol. The van der Waals surface area contributed by atoms with Crippen molar-refractivity contribution in [2.75, 3.05) is 13.7 Å². The van der Waals surface area contributed by atoms with E-state index in [-0.39, 0.29) is 12.2 Å². The molecule has 0 aliphatic carbocycles. The molecule has 33 heavy (non-hydrogen) atoms. The van der Waals surface area contributed by atoms with Crippen molar-refractivity contribution in [3.63, 3.8) is 0 Å². The number of hydrogen-bond donors (Lipinski definition) is 0. The van der Waals surface area contributed by atoms with Crippen molar-refractivity contribution in [1.82, 2.24) is 4.57 Å². The van der Waals surface area contributed by atoms with Gasteiger partial charge in [-0.05, 0) is 43.2 Å². The first-order valence-electron chi connectivity index (χ1n) is 10.6. The Morgan fingerprint density at radius 3 is 2.70 bits per heavy atom. The zero-order valence-corrected chi connectivity index (χ0v) is 19.5. The summed E-state index contributed by atoms with van der Waals surface area (Å²) in [6.45, 7) is 3.75. The van der Waals surface area contributed by atoms with E-state index in [2.05, 4.69) is 4.99 Å². The van der Waals surface area contributed by atoms with E-state index >= 15 is 0 Å². The molecule has 0 N–H and O–H groups in total. The van der Waals surface area contributed by atoms with Crippen molar-refractivity contribution in [3.05, 3.63) is 103 Å². The highest BCUT2D eigenvalue weighted by atomic mass is 32.1. The summed E-state index contributed by atoms with van der Waals surface area (Å²) in [5.74, 6) is 0.156. The molecule has 0 amide bonds. The number of rotatable bonds is 6. The number of esters is 1. The minimum Gasteiger partial charge on any atom is -0.497 e. The molecule has 0 fully saturated rings. The summed E-state index contributed by atoms with van der Waals surface area (Å²) in [5, 5.41) is 0. The second-order valence-electron chi connectivity index (χ2n) is 7.37. The highest BCUT2D eigenvalue weighted by molar-refractivity contribution is 7.07. The second-order valence-corrected chi connectivity index (χ2v) is 8.38. The molecule has 0 saturated carbocycles. The van der Waals surface area contributed by atoms with Crippen LogP contribution >= 0.6 is 11.3 Å². The Balaban J connectivity index is 1.87. The van der Waals surface area contributed by atoms with Gasteiger partial charge < -0.3 is 9.47 Å². The number of nitrogens with zero attached hydrogens (tertiary/aromatic N) is 2. The van der Waals surface area contributed by atoms with Crippen molar-refractivity contribution >= 4 is 29.5 Å². The summed E-state index contributed by atoms with van der Waals surface area (Å²) in [4.78, 5) is 31.5. The Hall–Kier alpha value is -3.71. The topological polar surface area (TPSA) is 69.9 Å². The Morgan fingerprint density at radius 1 is 1.18 bits per heavy atom. The predicted octanol–water partition coefficient (Wildman–Crippen LogP) is 3.47. The second kappa shape index (κ2) is 9.83. The van der Waals surface area contributed by atoms with Crippen LogP contribution in [0.25, 0.3) is 12.2 Å². The maximum absolute atomic E-state index is 13.5. The lowest BCUT2D eigenvalue weighted by Crippen LogP contribution is -2.39. The fourth-order valence-corrected chi connectivity index (χ4v) is 4.74. The highest BCUT2D eigenvalue weighted by Crippen LogP contribution is 2.32. The van der Waals surface area contributed by atoms with E-state index in [1.165, 1.54) is 11.3 Å². The number of fused-ring (bicyclic) bond motifs is 1. The molecule has 1 aromatic heterocycles. The number of hydrogen-bond acceptors (Lipinski definition) is 6. The first-order valence-corrected chi connectivity index (χ1v) is 11.4. The monoisotopic (exact) mass is 460 g/mol. The molecule has 0 saturated heterocycles. The van der Waals surface area contributed by atoms with E-state index in [9.17, 15) is 9.59 Å². The Labute approximate surface area is 195 Å². The van der Waals surface area contributed by atoms with Gasteiger partial charge >= 0.3 is 5.97 Å². The molecule has 0 unspecified atom stereocenters. The third kappa shape index (κ3) is 4.59. The largest absolute Gasteiger partial charge is 0.497 e. The fourth-order valence-electron chi connectivity index (χ4n) is 3.74. The number of benzene rings is 2. The van der Waals surface area contributed by atoms with Crippen LogP contribution in [0.1, 0.15) is 31.0 Å². The molecule has 0 spiro atoms. The van der Waals surface area contributed by atoms with Crippen LogP contribution in [0.4, 0.5) is 0 Å². The fraction of sp³-hybridized carbons (Fsp3) is 0.192. The molecule has 1 aliphatic rings. The molecule has 1 aliphatic heterocycles. The molecule has 2 heterocycles. The van der Waals surface area contributed by atoms with Gasteiger partial charge in [0, 0.05) is 0 Å². The van der Waals surface area contributed by atoms with Crippen LogP contribution in [-0.2, 0) is 9.53 Å². The van der Waals surface area contributed by atoms with E-state index in [0.29, 0.717) is 26.4 Å². The molecule has 6 nitrogen and oxygen atoms in total. The Kier molecular flexibility index (Phi) is 6.70. The van der Waals surface area contributed by atoms with Crippen molar-refractivity contribution in [2.24, 2.45) is 4.99 Å². The molecular formula is C26H24N2O4S. The van der Waals surface area contributed by atoms with E-state index in [1.54, 1.807) is 31.6 Å². The Bertz CT molecular complexity index is 1410. The number of carbonyl (C=O) groups is 1. The third-order valence-corrected chi connectivity index (χ3v) is 6.26. The van der Waals surface area contributed by atoms with E-state index in [1.807, 2.05) is 66.7 Å². The first-order chi connectivity index (χ1) is 16.0.